The summed E-state index contributed by atoms with van der Waals surface area (Å²) in [5, 5.41) is 9.33. The highest BCUT2D eigenvalue weighted by Gasteiger charge is 2.31. The fraction of sp³-hybridized carbons (Fsp3) is 0.391. The van der Waals surface area contributed by atoms with Gasteiger partial charge in [0.2, 0.25) is 15.9 Å². The standard InChI is InChI=1S/C23H28N2O6S/c1-14(2)31-19-7-5-17(6-8-19)21(13-23(27)28)24-32(29,30)20-9-10-22-18(12-20)11-15(3)25(22)16(4)26/h5-10,12,14-15,21,24H,11,13H2,1-4H3,(H,27,28). The van der Waals surface area contributed by atoms with Crippen molar-refractivity contribution in [2.75, 3.05) is 4.90 Å². The summed E-state index contributed by atoms with van der Waals surface area (Å²) in [6.07, 6.45) is 0.119. The van der Waals surface area contributed by atoms with Crippen LogP contribution in [0.3, 0.4) is 0 Å². The molecule has 0 saturated carbocycles. The van der Waals surface area contributed by atoms with E-state index in [1.807, 2.05) is 20.8 Å². The lowest BCUT2D eigenvalue weighted by Crippen LogP contribution is -2.33. The Balaban J connectivity index is 1.87. The number of nitrogens with one attached hydrogen (secondary N) is 1. The van der Waals surface area contributed by atoms with Crippen molar-refractivity contribution in [3.8, 4) is 5.75 Å². The molecule has 0 fully saturated rings. The van der Waals surface area contributed by atoms with Crippen LogP contribution in [0.15, 0.2) is 47.4 Å². The molecule has 1 aliphatic rings. The number of sulfonamides is 1. The third-order valence-electron chi connectivity index (χ3n) is 5.25. The zero-order chi connectivity index (χ0) is 23.6. The van der Waals surface area contributed by atoms with Crippen LogP contribution in [-0.4, -0.2) is 37.5 Å². The van der Waals surface area contributed by atoms with Gasteiger partial charge in [-0.15, -0.1) is 0 Å². The van der Waals surface area contributed by atoms with Gasteiger partial charge in [0.15, 0.2) is 0 Å². The lowest BCUT2D eigenvalue weighted by molar-refractivity contribution is -0.137. The molecule has 2 unspecified atom stereocenters. The Morgan fingerprint density at radius 1 is 1.19 bits per heavy atom. The lowest BCUT2D eigenvalue weighted by atomic mass is 10.0. The normalized spacial score (nSPS) is 16.7. The number of rotatable bonds is 8. The van der Waals surface area contributed by atoms with E-state index in [9.17, 15) is 23.1 Å². The van der Waals surface area contributed by atoms with Crippen molar-refractivity contribution in [3.63, 3.8) is 0 Å². The summed E-state index contributed by atoms with van der Waals surface area (Å²) in [4.78, 5) is 25.0. The van der Waals surface area contributed by atoms with Crippen molar-refractivity contribution in [1.82, 2.24) is 4.72 Å². The first-order chi connectivity index (χ1) is 15.0. The molecule has 0 aliphatic carbocycles. The molecule has 2 atom stereocenters. The molecule has 2 aromatic rings. The SMILES string of the molecule is CC(=O)N1c2ccc(S(=O)(=O)NC(CC(=O)O)c3ccc(OC(C)C)cc3)cc2CC1C. The largest absolute Gasteiger partial charge is 0.491 e. The Bertz CT molecular complexity index is 1110. The third-order valence-corrected chi connectivity index (χ3v) is 6.72. The van der Waals surface area contributed by atoms with E-state index >= 15 is 0 Å². The number of nitrogens with zero attached hydrogens (tertiary/aromatic N) is 1. The van der Waals surface area contributed by atoms with Crippen molar-refractivity contribution in [2.45, 2.75) is 63.6 Å². The van der Waals surface area contributed by atoms with E-state index in [-0.39, 0.29) is 22.9 Å². The molecular weight excluding hydrogens is 432 g/mol. The Morgan fingerprint density at radius 2 is 1.84 bits per heavy atom. The Labute approximate surface area is 188 Å². The monoisotopic (exact) mass is 460 g/mol. The quantitative estimate of drug-likeness (QED) is 0.625. The van der Waals surface area contributed by atoms with Gasteiger partial charge in [-0.05, 0) is 68.7 Å². The van der Waals surface area contributed by atoms with Gasteiger partial charge >= 0.3 is 5.97 Å². The summed E-state index contributed by atoms with van der Waals surface area (Å²) in [5.41, 5.74) is 1.98. The number of aliphatic carboxylic acids is 1. The minimum Gasteiger partial charge on any atom is -0.491 e. The van der Waals surface area contributed by atoms with Crippen molar-refractivity contribution < 1.29 is 27.9 Å². The molecule has 172 valence electrons. The number of amides is 1. The Morgan fingerprint density at radius 3 is 2.41 bits per heavy atom. The average Bonchev–Trinajstić information content (AvgIpc) is 3.02. The number of fused-ring (bicyclic) bond motifs is 1. The number of carbonyl (C=O) groups excluding carboxylic acids is 1. The minimum atomic E-state index is -4.01. The second kappa shape index (κ2) is 9.30. The second-order valence-electron chi connectivity index (χ2n) is 8.24. The minimum absolute atomic E-state index is 0.0179. The first kappa shape index (κ1) is 23.7. The number of ether oxygens (including phenoxy) is 1. The molecule has 0 radical (unpaired) electrons. The van der Waals surface area contributed by atoms with Gasteiger partial charge in [0.25, 0.3) is 0 Å². The van der Waals surface area contributed by atoms with Crippen LogP contribution in [0, 0.1) is 0 Å². The first-order valence-corrected chi connectivity index (χ1v) is 11.9. The number of carbonyl (C=O) groups is 2. The Hall–Kier alpha value is -2.91. The lowest BCUT2D eigenvalue weighted by Gasteiger charge is -2.21. The summed E-state index contributed by atoms with van der Waals surface area (Å²) in [5.74, 6) is -0.611. The summed E-state index contributed by atoms with van der Waals surface area (Å²) in [6, 6.07) is 10.3. The van der Waals surface area contributed by atoms with Crippen LogP contribution >= 0.6 is 0 Å². The molecular formula is C23H28N2O6S. The van der Waals surface area contributed by atoms with Gasteiger partial charge in [-0.25, -0.2) is 13.1 Å². The summed E-state index contributed by atoms with van der Waals surface area (Å²) in [7, 11) is -4.01. The van der Waals surface area contributed by atoms with E-state index in [0.29, 0.717) is 23.4 Å². The molecule has 2 N–H and O–H groups in total. The average molecular weight is 461 g/mol. The zero-order valence-electron chi connectivity index (χ0n) is 18.5. The summed E-state index contributed by atoms with van der Waals surface area (Å²) < 4.78 is 34.3. The topological polar surface area (TPSA) is 113 Å². The van der Waals surface area contributed by atoms with E-state index in [1.165, 1.54) is 13.0 Å². The number of anilines is 1. The highest BCUT2D eigenvalue weighted by molar-refractivity contribution is 7.89. The molecule has 2 aromatic carbocycles. The van der Waals surface area contributed by atoms with Crippen LogP contribution in [0.1, 0.15) is 51.3 Å². The molecule has 32 heavy (non-hydrogen) atoms. The third kappa shape index (κ3) is 5.28. The maximum absolute atomic E-state index is 13.1. The van der Waals surface area contributed by atoms with E-state index < -0.39 is 28.5 Å². The van der Waals surface area contributed by atoms with Crippen molar-refractivity contribution >= 4 is 27.6 Å². The highest BCUT2D eigenvalue weighted by Crippen LogP contribution is 2.34. The predicted molar refractivity (Wildman–Crippen MR) is 120 cm³/mol. The van der Waals surface area contributed by atoms with Gasteiger partial charge in [0.05, 0.1) is 23.5 Å². The molecule has 0 saturated heterocycles. The van der Waals surface area contributed by atoms with Crippen LogP contribution in [0.2, 0.25) is 0 Å². The van der Waals surface area contributed by atoms with Gasteiger partial charge in [0, 0.05) is 18.7 Å². The molecule has 0 spiro atoms. The molecule has 9 heteroatoms. The zero-order valence-corrected chi connectivity index (χ0v) is 19.3. The van der Waals surface area contributed by atoms with Crippen molar-refractivity contribution in [1.29, 1.82) is 0 Å². The number of hydrogen-bond donors (Lipinski definition) is 2. The van der Waals surface area contributed by atoms with Crippen molar-refractivity contribution in [3.05, 3.63) is 53.6 Å². The predicted octanol–water partition coefficient (Wildman–Crippen LogP) is 3.27. The maximum atomic E-state index is 13.1. The van der Waals surface area contributed by atoms with Gasteiger partial charge in [0.1, 0.15) is 5.75 Å². The molecule has 0 bridgehead atoms. The van der Waals surface area contributed by atoms with Crippen LogP contribution in [-0.2, 0) is 26.0 Å². The van der Waals surface area contributed by atoms with Crippen LogP contribution in [0.4, 0.5) is 5.69 Å². The van der Waals surface area contributed by atoms with Gasteiger partial charge in [-0.3, -0.25) is 9.59 Å². The summed E-state index contributed by atoms with van der Waals surface area (Å²) in [6.45, 7) is 7.17. The number of benzene rings is 2. The molecule has 3 rings (SSSR count). The van der Waals surface area contributed by atoms with Gasteiger partial charge < -0.3 is 14.7 Å². The number of carboxylic acids is 1. The van der Waals surface area contributed by atoms with E-state index in [4.69, 9.17) is 4.74 Å². The smallest absolute Gasteiger partial charge is 0.305 e. The van der Waals surface area contributed by atoms with Gasteiger partial charge in [-0.2, -0.15) is 0 Å². The number of hydrogen-bond acceptors (Lipinski definition) is 5. The molecule has 1 heterocycles. The fourth-order valence-corrected chi connectivity index (χ4v) is 5.24. The van der Waals surface area contributed by atoms with Crippen LogP contribution in [0.25, 0.3) is 0 Å². The van der Waals surface area contributed by atoms with E-state index in [0.717, 1.165) is 5.56 Å². The van der Waals surface area contributed by atoms with Gasteiger partial charge in [-0.1, -0.05) is 12.1 Å². The van der Waals surface area contributed by atoms with E-state index in [1.54, 1.807) is 41.3 Å². The van der Waals surface area contributed by atoms with Crippen molar-refractivity contribution in [2.24, 2.45) is 0 Å². The highest BCUT2D eigenvalue weighted by atomic mass is 32.2. The Kier molecular flexibility index (Phi) is 6.90. The van der Waals surface area contributed by atoms with Crippen LogP contribution < -0.4 is 14.4 Å². The second-order valence-corrected chi connectivity index (χ2v) is 9.95. The van der Waals surface area contributed by atoms with E-state index in [2.05, 4.69) is 4.72 Å². The molecule has 8 nitrogen and oxygen atoms in total. The summed E-state index contributed by atoms with van der Waals surface area (Å²) >= 11 is 0. The number of carboxylic acid groups (broad SMARTS) is 1. The van der Waals surface area contributed by atoms with Crippen LogP contribution in [0.5, 0.6) is 5.75 Å². The molecule has 1 aliphatic heterocycles. The fourth-order valence-electron chi connectivity index (χ4n) is 3.96. The molecule has 1 amide bonds. The first-order valence-electron chi connectivity index (χ1n) is 10.4. The maximum Gasteiger partial charge on any atom is 0.305 e. The molecule has 0 aromatic heterocycles.